The van der Waals surface area contributed by atoms with E-state index in [0.29, 0.717) is 6.54 Å². The number of benzene rings is 1. The summed E-state index contributed by atoms with van der Waals surface area (Å²) < 4.78 is 28.0. The fourth-order valence-electron chi connectivity index (χ4n) is 2.00. The summed E-state index contributed by atoms with van der Waals surface area (Å²) >= 11 is 0. The Balaban J connectivity index is 2.11. The van der Waals surface area contributed by atoms with Crippen molar-refractivity contribution in [3.63, 3.8) is 0 Å². The number of carbonyl (C=O) groups excluding carboxylic acids is 1. The molecule has 21 heavy (non-hydrogen) atoms. The molecule has 0 aliphatic heterocycles. The second-order valence-corrected chi connectivity index (χ2v) is 5.04. The number of hydrogen-bond donors (Lipinski definition) is 0. The van der Waals surface area contributed by atoms with E-state index < -0.39 is 17.7 Å². The molecule has 4 nitrogen and oxygen atoms in total. The number of Topliss-reactive ketones (excluding diaryl/α,β-unsaturated/α-hetero) is 1. The van der Waals surface area contributed by atoms with Crippen molar-refractivity contribution >= 4 is 5.78 Å². The third-order valence-electron chi connectivity index (χ3n) is 3.56. The maximum Gasteiger partial charge on any atom is 0.179 e. The van der Waals surface area contributed by atoms with Crippen LogP contribution in [0.2, 0.25) is 0 Å². The Hall–Kier alpha value is -2.08. The van der Waals surface area contributed by atoms with Crippen LogP contribution < -0.4 is 0 Å². The van der Waals surface area contributed by atoms with Gasteiger partial charge in [0.2, 0.25) is 0 Å². The van der Waals surface area contributed by atoms with Crippen molar-refractivity contribution in [1.82, 2.24) is 14.5 Å². The first kappa shape index (κ1) is 15.3. The minimum absolute atomic E-state index is 0.160. The van der Waals surface area contributed by atoms with Gasteiger partial charge in [-0.3, -0.25) is 9.69 Å². The molecule has 0 amide bonds. The van der Waals surface area contributed by atoms with Crippen molar-refractivity contribution < 1.29 is 13.6 Å². The second kappa shape index (κ2) is 6.13. The Bertz CT molecular complexity index is 654. The van der Waals surface area contributed by atoms with Crippen molar-refractivity contribution in [3.05, 3.63) is 53.6 Å². The molecular formula is C15H17F2N3O. The van der Waals surface area contributed by atoms with E-state index in [4.69, 9.17) is 0 Å². The molecule has 0 fully saturated rings. The fraction of sp³-hybridized carbons (Fsp3) is 0.333. The number of nitrogens with zero attached hydrogens (tertiary/aromatic N) is 3. The topological polar surface area (TPSA) is 38.1 Å². The normalized spacial score (nSPS) is 12.7. The van der Waals surface area contributed by atoms with Crippen LogP contribution in [0.3, 0.4) is 0 Å². The van der Waals surface area contributed by atoms with Gasteiger partial charge >= 0.3 is 0 Å². The summed E-state index contributed by atoms with van der Waals surface area (Å²) in [4.78, 5) is 18.3. The number of ketones is 1. The number of hydrogen-bond acceptors (Lipinski definition) is 3. The Morgan fingerprint density at radius 1 is 1.38 bits per heavy atom. The molecule has 2 aromatic rings. The van der Waals surface area contributed by atoms with Crippen LogP contribution in [0.5, 0.6) is 0 Å². The summed E-state index contributed by atoms with van der Waals surface area (Å²) in [6.45, 7) is 2.21. The molecule has 0 saturated heterocycles. The van der Waals surface area contributed by atoms with Gasteiger partial charge in [-0.1, -0.05) is 0 Å². The number of halogens is 2. The van der Waals surface area contributed by atoms with Gasteiger partial charge in [0.1, 0.15) is 5.82 Å². The third-order valence-corrected chi connectivity index (χ3v) is 3.56. The summed E-state index contributed by atoms with van der Waals surface area (Å²) in [5, 5.41) is 0. The fourth-order valence-corrected chi connectivity index (χ4v) is 2.00. The summed E-state index contributed by atoms with van der Waals surface area (Å²) in [5.74, 6) is -1.41. The van der Waals surface area contributed by atoms with Crippen LogP contribution in [0.1, 0.15) is 23.1 Å². The lowest BCUT2D eigenvalue weighted by molar-refractivity contribution is 0.0858. The van der Waals surface area contributed by atoms with Gasteiger partial charge < -0.3 is 4.57 Å². The molecule has 1 atom stereocenters. The van der Waals surface area contributed by atoms with E-state index in [0.717, 1.165) is 18.0 Å². The highest BCUT2D eigenvalue weighted by atomic mass is 19.2. The molecule has 0 N–H and O–H groups in total. The molecule has 6 heteroatoms. The Morgan fingerprint density at radius 3 is 2.67 bits per heavy atom. The summed E-state index contributed by atoms with van der Waals surface area (Å²) in [7, 11) is 3.66. The first-order valence-electron chi connectivity index (χ1n) is 6.56. The van der Waals surface area contributed by atoms with Crippen LogP contribution in [0.15, 0.2) is 30.6 Å². The molecule has 1 aromatic heterocycles. The highest BCUT2D eigenvalue weighted by Gasteiger charge is 2.21. The van der Waals surface area contributed by atoms with E-state index in [-0.39, 0.29) is 11.3 Å². The first-order valence-corrected chi connectivity index (χ1v) is 6.56. The summed E-state index contributed by atoms with van der Waals surface area (Å²) in [6, 6.07) is 2.73. The van der Waals surface area contributed by atoms with Gasteiger partial charge in [-0.2, -0.15) is 0 Å². The molecule has 1 unspecified atom stereocenters. The molecule has 0 spiro atoms. The number of likely N-dealkylation sites (N-methyl/N-ethyl adjacent to an activating group) is 1. The molecule has 1 heterocycles. The molecule has 0 saturated carbocycles. The van der Waals surface area contributed by atoms with Gasteiger partial charge in [-0.25, -0.2) is 13.8 Å². The highest BCUT2D eigenvalue weighted by Crippen LogP contribution is 2.14. The average Bonchev–Trinajstić information content (AvgIpc) is 2.85. The van der Waals surface area contributed by atoms with E-state index in [1.165, 1.54) is 6.07 Å². The lowest BCUT2D eigenvalue weighted by Gasteiger charge is -2.23. The van der Waals surface area contributed by atoms with E-state index in [1.54, 1.807) is 20.2 Å². The van der Waals surface area contributed by atoms with Gasteiger partial charge in [-0.05, 0) is 32.2 Å². The zero-order valence-electron chi connectivity index (χ0n) is 12.2. The number of rotatable bonds is 5. The largest absolute Gasteiger partial charge is 0.337 e. The summed E-state index contributed by atoms with van der Waals surface area (Å²) in [5.41, 5.74) is 0.160. The Labute approximate surface area is 122 Å². The van der Waals surface area contributed by atoms with Crippen molar-refractivity contribution in [2.45, 2.75) is 19.5 Å². The average molecular weight is 293 g/mol. The minimum Gasteiger partial charge on any atom is -0.337 e. The van der Waals surface area contributed by atoms with Gasteiger partial charge in [0.05, 0.1) is 12.6 Å². The number of carbonyl (C=O) groups is 1. The second-order valence-electron chi connectivity index (χ2n) is 5.04. The van der Waals surface area contributed by atoms with Gasteiger partial charge in [-0.15, -0.1) is 0 Å². The molecule has 0 aliphatic carbocycles. The van der Waals surface area contributed by atoms with Gasteiger partial charge in [0, 0.05) is 25.0 Å². The predicted octanol–water partition coefficient (Wildman–Crippen LogP) is 2.40. The van der Waals surface area contributed by atoms with Crippen LogP contribution in [-0.4, -0.2) is 33.3 Å². The number of aromatic nitrogens is 2. The molecule has 0 aliphatic rings. The highest BCUT2D eigenvalue weighted by molar-refractivity contribution is 5.99. The van der Waals surface area contributed by atoms with Crippen LogP contribution >= 0.6 is 0 Å². The monoisotopic (exact) mass is 293 g/mol. The maximum absolute atomic E-state index is 13.2. The van der Waals surface area contributed by atoms with E-state index >= 15 is 0 Å². The first-order chi connectivity index (χ1) is 9.90. The van der Waals surface area contributed by atoms with Crippen LogP contribution in [0.4, 0.5) is 8.78 Å². The van der Waals surface area contributed by atoms with Crippen molar-refractivity contribution in [2.75, 3.05) is 7.05 Å². The quantitative estimate of drug-likeness (QED) is 0.795. The predicted molar refractivity (Wildman–Crippen MR) is 74.8 cm³/mol. The molecule has 0 radical (unpaired) electrons. The SMILES string of the molecule is CC(C(=O)c1ccc(F)c(F)c1)N(C)Cc1nccn1C. The van der Waals surface area contributed by atoms with E-state index in [2.05, 4.69) is 4.98 Å². The lowest BCUT2D eigenvalue weighted by Crippen LogP contribution is -2.36. The molecule has 112 valence electrons. The zero-order valence-corrected chi connectivity index (χ0v) is 12.2. The minimum atomic E-state index is -1.01. The Kier molecular flexibility index (Phi) is 4.47. The van der Waals surface area contributed by atoms with Crippen molar-refractivity contribution in [1.29, 1.82) is 0 Å². The van der Waals surface area contributed by atoms with Crippen molar-refractivity contribution in [3.8, 4) is 0 Å². The van der Waals surface area contributed by atoms with Crippen LogP contribution in [0.25, 0.3) is 0 Å². The lowest BCUT2D eigenvalue weighted by atomic mass is 10.0. The zero-order chi connectivity index (χ0) is 15.6. The Morgan fingerprint density at radius 2 is 2.10 bits per heavy atom. The molecule has 2 rings (SSSR count). The number of imidazole rings is 1. The standard InChI is InChI=1S/C15H17F2N3O/c1-10(20(3)9-14-18-6-7-19(14)2)15(21)11-4-5-12(16)13(17)8-11/h4-8,10H,9H2,1-3H3. The smallest absolute Gasteiger partial charge is 0.179 e. The van der Waals surface area contributed by atoms with Gasteiger partial charge in [0.15, 0.2) is 17.4 Å². The van der Waals surface area contributed by atoms with E-state index in [1.807, 2.05) is 22.7 Å². The van der Waals surface area contributed by atoms with Gasteiger partial charge in [0.25, 0.3) is 0 Å². The molecule has 0 bridgehead atoms. The van der Waals surface area contributed by atoms with Crippen molar-refractivity contribution in [2.24, 2.45) is 7.05 Å². The van der Waals surface area contributed by atoms with E-state index in [9.17, 15) is 13.6 Å². The number of aryl methyl sites for hydroxylation is 1. The van der Waals surface area contributed by atoms with Crippen LogP contribution in [-0.2, 0) is 13.6 Å². The third kappa shape index (κ3) is 3.33. The molecular weight excluding hydrogens is 276 g/mol. The summed E-state index contributed by atoms with van der Waals surface area (Å²) in [6.07, 6.45) is 3.51. The molecule has 1 aromatic carbocycles. The maximum atomic E-state index is 13.2. The van der Waals surface area contributed by atoms with Crippen LogP contribution in [0, 0.1) is 11.6 Å².